The summed E-state index contributed by atoms with van der Waals surface area (Å²) in [6.45, 7) is 3.72. The number of carbonyl (C=O) groups excluding carboxylic acids is 1. The van der Waals surface area contributed by atoms with Crippen LogP contribution in [0.3, 0.4) is 0 Å². The Labute approximate surface area is 391 Å². The average molecular weight is 900 g/mol. The summed E-state index contributed by atoms with van der Waals surface area (Å²) >= 11 is 0. The SMILES string of the molecule is CCCCCCC/C=C\C/C=C\C/C=C\CCCCCCCCCCCCC(=O)NC(COC1OC(CO)C(O)C(O)C1O)C(O)/C=C/CC/C=C/CC/C=C/CCCCCCCC. The Kier molecular flexibility index (Phi) is 41.4. The third-order valence-corrected chi connectivity index (χ3v) is 12.0. The molecule has 0 saturated carbocycles. The molecule has 0 aliphatic carbocycles. The van der Waals surface area contributed by atoms with Gasteiger partial charge in [-0.25, -0.2) is 0 Å². The molecule has 1 amide bonds. The minimum Gasteiger partial charge on any atom is -0.394 e. The Morgan fingerprint density at radius 3 is 1.42 bits per heavy atom. The Morgan fingerprint density at radius 1 is 0.531 bits per heavy atom. The predicted molar refractivity (Wildman–Crippen MR) is 267 cm³/mol. The fraction of sp³-hybridized carbons (Fsp3) is 0.764. The number of carbonyl (C=O) groups is 1. The van der Waals surface area contributed by atoms with Crippen molar-refractivity contribution in [2.75, 3.05) is 13.2 Å². The van der Waals surface area contributed by atoms with Crippen LogP contribution in [0.5, 0.6) is 0 Å². The largest absolute Gasteiger partial charge is 0.394 e. The predicted octanol–water partition coefficient (Wildman–Crippen LogP) is 12.1. The van der Waals surface area contributed by atoms with Crippen LogP contribution in [0.4, 0.5) is 0 Å². The van der Waals surface area contributed by atoms with Crippen molar-refractivity contribution in [1.29, 1.82) is 0 Å². The number of amides is 1. The number of unbranched alkanes of at least 4 members (excludes halogenated alkanes) is 23. The molecule has 1 aliphatic heterocycles. The normalized spacial score (nSPS) is 20.6. The topological polar surface area (TPSA) is 149 Å². The maximum atomic E-state index is 13.0. The second-order valence-corrected chi connectivity index (χ2v) is 17.9. The summed E-state index contributed by atoms with van der Waals surface area (Å²) in [6.07, 6.45) is 53.8. The number of aliphatic hydroxyl groups is 5. The van der Waals surface area contributed by atoms with Crippen molar-refractivity contribution in [3.05, 3.63) is 72.9 Å². The summed E-state index contributed by atoms with van der Waals surface area (Å²) < 4.78 is 11.2. The van der Waals surface area contributed by atoms with Crippen molar-refractivity contribution in [2.24, 2.45) is 0 Å². The van der Waals surface area contributed by atoms with Crippen molar-refractivity contribution in [1.82, 2.24) is 5.32 Å². The highest BCUT2D eigenvalue weighted by Crippen LogP contribution is 2.22. The van der Waals surface area contributed by atoms with Crippen LogP contribution in [0.2, 0.25) is 0 Å². The molecule has 1 rings (SSSR count). The monoisotopic (exact) mass is 900 g/mol. The lowest BCUT2D eigenvalue weighted by Crippen LogP contribution is -2.60. The second-order valence-electron chi connectivity index (χ2n) is 17.9. The van der Waals surface area contributed by atoms with Crippen LogP contribution in [-0.2, 0) is 14.3 Å². The van der Waals surface area contributed by atoms with Gasteiger partial charge in [0.2, 0.25) is 5.91 Å². The highest BCUT2D eigenvalue weighted by molar-refractivity contribution is 5.76. The first-order valence-corrected chi connectivity index (χ1v) is 26.2. The van der Waals surface area contributed by atoms with Crippen LogP contribution < -0.4 is 5.32 Å². The molecule has 1 aliphatic rings. The van der Waals surface area contributed by atoms with E-state index in [1.54, 1.807) is 6.08 Å². The molecule has 0 bridgehead atoms. The number of hydrogen-bond acceptors (Lipinski definition) is 8. The van der Waals surface area contributed by atoms with E-state index in [0.717, 1.165) is 77.0 Å². The first kappa shape index (κ1) is 59.6. The van der Waals surface area contributed by atoms with Crippen molar-refractivity contribution < 1.29 is 39.8 Å². The molecule has 7 unspecified atom stereocenters. The lowest BCUT2D eigenvalue weighted by atomic mass is 9.99. The molecule has 0 aromatic heterocycles. The molecule has 0 aromatic rings. The zero-order valence-corrected chi connectivity index (χ0v) is 40.8. The molecule has 0 spiro atoms. The smallest absolute Gasteiger partial charge is 0.220 e. The zero-order valence-electron chi connectivity index (χ0n) is 40.8. The Balaban J connectivity index is 2.30. The molecule has 7 atom stereocenters. The first-order chi connectivity index (χ1) is 31.3. The number of hydrogen-bond donors (Lipinski definition) is 6. The first-order valence-electron chi connectivity index (χ1n) is 26.2. The van der Waals surface area contributed by atoms with Crippen molar-refractivity contribution in [3.8, 4) is 0 Å². The van der Waals surface area contributed by atoms with E-state index in [4.69, 9.17) is 9.47 Å². The van der Waals surface area contributed by atoms with Crippen LogP contribution >= 0.6 is 0 Å². The molecular formula is C55H97NO8. The van der Waals surface area contributed by atoms with Crippen LogP contribution in [0.1, 0.15) is 213 Å². The molecule has 9 heteroatoms. The van der Waals surface area contributed by atoms with Crippen LogP contribution in [0, 0.1) is 0 Å². The van der Waals surface area contributed by atoms with Gasteiger partial charge in [-0.15, -0.1) is 0 Å². The van der Waals surface area contributed by atoms with E-state index in [9.17, 15) is 30.3 Å². The molecule has 1 fully saturated rings. The summed E-state index contributed by atoms with van der Waals surface area (Å²) in [4.78, 5) is 13.0. The van der Waals surface area contributed by atoms with Gasteiger partial charge in [-0.2, -0.15) is 0 Å². The van der Waals surface area contributed by atoms with Crippen LogP contribution in [0.25, 0.3) is 0 Å². The summed E-state index contributed by atoms with van der Waals surface area (Å²) in [6, 6.07) is -0.833. The third kappa shape index (κ3) is 34.0. The van der Waals surface area contributed by atoms with E-state index in [0.29, 0.717) is 6.42 Å². The summed E-state index contributed by atoms with van der Waals surface area (Å²) in [5.41, 5.74) is 0. The van der Waals surface area contributed by atoms with E-state index in [2.05, 4.69) is 79.9 Å². The van der Waals surface area contributed by atoms with Gasteiger partial charge in [-0.1, -0.05) is 196 Å². The van der Waals surface area contributed by atoms with Gasteiger partial charge in [0.05, 0.1) is 25.4 Å². The maximum absolute atomic E-state index is 13.0. The Bertz CT molecular complexity index is 1230. The van der Waals surface area contributed by atoms with Gasteiger partial charge in [0, 0.05) is 6.42 Å². The summed E-state index contributed by atoms with van der Waals surface area (Å²) in [7, 11) is 0. The molecule has 64 heavy (non-hydrogen) atoms. The molecule has 1 heterocycles. The van der Waals surface area contributed by atoms with Gasteiger partial charge in [-0.3, -0.25) is 4.79 Å². The van der Waals surface area contributed by atoms with Crippen molar-refractivity contribution >= 4 is 5.91 Å². The molecule has 9 nitrogen and oxygen atoms in total. The maximum Gasteiger partial charge on any atom is 0.220 e. The van der Waals surface area contributed by atoms with Crippen LogP contribution in [0.15, 0.2) is 72.9 Å². The van der Waals surface area contributed by atoms with Crippen molar-refractivity contribution in [2.45, 2.75) is 256 Å². The lowest BCUT2D eigenvalue weighted by Gasteiger charge is -2.40. The van der Waals surface area contributed by atoms with Gasteiger partial charge in [0.15, 0.2) is 6.29 Å². The fourth-order valence-corrected chi connectivity index (χ4v) is 7.78. The minimum atomic E-state index is -1.58. The van der Waals surface area contributed by atoms with Crippen LogP contribution in [-0.4, -0.2) is 87.5 Å². The second kappa shape index (κ2) is 44.5. The lowest BCUT2D eigenvalue weighted by molar-refractivity contribution is -0.302. The van der Waals surface area contributed by atoms with Gasteiger partial charge >= 0.3 is 0 Å². The van der Waals surface area contributed by atoms with Crippen molar-refractivity contribution in [3.63, 3.8) is 0 Å². The zero-order chi connectivity index (χ0) is 46.6. The van der Waals surface area contributed by atoms with E-state index >= 15 is 0 Å². The average Bonchev–Trinajstić information content (AvgIpc) is 3.29. The highest BCUT2D eigenvalue weighted by Gasteiger charge is 2.44. The van der Waals surface area contributed by atoms with E-state index in [1.807, 2.05) is 6.08 Å². The molecule has 1 saturated heterocycles. The van der Waals surface area contributed by atoms with Gasteiger partial charge in [-0.05, 0) is 83.5 Å². The molecule has 0 aromatic carbocycles. The highest BCUT2D eigenvalue weighted by atomic mass is 16.7. The third-order valence-electron chi connectivity index (χ3n) is 12.0. The quantitative estimate of drug-likeness (QED) is 0.0262. The summed E-state index contributed by atoms with van der Waals surface area (Å²) in [5.74, 6) is -0.198. The minimum absolute atomic E-state index is 0.198. The van der Waals surface area contributed by atoms with Gasteiger partial charge in [0.25, 0.3) is 0 Å². The number of ether oxygens (including phenoxy) is 2. The molecule has 370 valence electrons. The van der Waals surface area contributed by atoms with E-state index in [1.165, 1.54) is 116 Å². The number of nitrogens with one attached hydrogen (secondary N) is 1. The molecule has 0 radical (unpaired) electrons. The van der Waals surface area contributed by atoms with E-state index in [-0.39, 0.29) is 12.5 Å². The van der Waals surface area contributed by atoms with Gasteiger partial charge in [0.1, 0.15) is 24.4 Å². The molecular weight excluding hydrogens is 803 g/mol. The Hall–Kier alpha value is -2.37. The molecule has 6 N–H and O–H groups in total. The number of rotatable bonds is 43. The summed E-state index contributed by atoms with van der Waals surface area (Å²) in [5, 5.41) is 54.3. The van der Waals surface area contributed by atoms with E-state index < -0.39 is 49.5 Å². The van der Waals surface area contributed by atoms with Gasteiger partial charge < -0.3 is 40.3 Å². The fourth-order valence-electron chi connectivity index (χ4n) is 7.78. The Morgan fingerprint density at radius 2 is 0.938 bits per heavy atom. The number of aliphatic hydroxyl groups excluding tert-OH is 5. The number of allylic oxidation sites excluding steroid dienone is 11. The standard InChI is InChI=1S/C55H97NO8/c1-3-5-7-9-11-13-15-17-19-21-22-23-24-25-26-27-28-29-31-33-35-37-39-41-43-45-51(59)56-48(47-63-55-54(62)53(61)52(60)50(46-57)64-55)49(58)44-42-40-38-36-34-32-30-20-18-16-14-12-10-8-6-4-2/h15,17-18,20-22,24-25,34,36,42,44,48-50,52-55,57-58,60-62H,3-14,16,19,23,26-33,35,37-41,43,45-47H2,1-2H3,(H,56,59)/b17-15-,20-18+,22-21-,25-24-,36-34+,44-42+.